The highest BCUT2D eigenvalue weighted by Gasteiger charge is 1.78. The Morgan fingerprint density at radius 3 is 2.86 bits per heavy atom. The molecule has 1 aliphatic heterocycles. The topological polar surface area (TPSA) is 12.4 Å². The Bertz CT molecular complexity index is 190. The van der Waals surface area contributed by atoms with E-state index in [2.05, 4.69) is 39.0 Å². The van der Waals surface area contributed by atoms with Crippen LogP contribution in [-0.2, 0) is 0 Å². The SMILES string of the molecule is IC1=C=C=CC=N1. The number of halogens is 1. The maximum absolute atomic E-state index is 3.88. The maximum Gasteiger partial charge on any atom is 0.151 e. The predicted molar refractivity (Wildman–Crippen MR) is 37.6 cm³/mol. The maximum atomic E-state index is 3.88. The van der Waals surface area contributed by atoms with Crippen LogP contribution in [0.4, 0.5) is 0 Å². The fraction of sp³-hybridized carbons (Fsp3) is 0. The van der Waals surface area contributed by atoms with Gasteiger partial charge in [-0.25, -0.2) is 4.99 Å². The first-order valence-corrected chi connectivity index (χ1v) is 2.87. The number of hydrogen-bond donors (Lipinski definition) is 0. The van der Waals surface area contributed by atoms with Crippen molar-refractivity contribution >= 4 is 28.8 Å². The Morgan fingerprint density at radius 2 is 2.57 bits per heavy atom. The Morgan fingerprint density at radius 1 is 1.71 bits per heavy atom. The lowest BCUT2D eigenvalue weighted by atomic mass is 10.6. The average Bonchev–Trinajstić information content (AvgIpc) is 1.69. The lowest BCUT2D eigenvalue weighted by Gasteiger charge is -1.79. The quantitative estimate of drug-likeness (QED) is 0.322. The highest BCUT2D eigenvalue weighted by molar-refractivity contribution is 14.1. The second-order valence-corrected chi connectivity index (χ2v) is 2.03. The summed E-state index contributed by atoms with van der Waals surface area (Å²) in [6.45, 7) is 0. The largest absolute Gasteiger partial charge is 0.240 e. The van der Waals surface area contributed by atoms with Crippen molar-refractivity contribution in [3.63, 3.8) is 0 Å². The molecule has 0 aliphatic carbocycles. The molecule has 0 aromatic rings. The van der Waals surface area contributed by atoms with Gasteiger partial charge in [0.1, 0.15) is 0 Å². The molecule has 0 amide bonds. The van der Waals surface area contributed by atoms with Gasteiger partial charge in [-0.15, -0.1) is 0 Å². The minimum absolute atomic E-state index is 0.861. The number of rotatable bonds is 0. The van der Waals surface area contributed by atoms with Gasteiger partial charge >= 0.3 is 0 Å². The minimum atomic E-state index is 0.861. The van der Waals surface area contributed by atoms with Crippen LogP contribution in [0.15, 0.2) is 26.2 Å². The number of allylic oxidation sites excluding steroid dienone is 1. The molecule has 0 aromatic heterocycles. The molecule has 7 heavy (non-hydrogen) atoms. The first-order chi connectivity index (χ1) is 3.39. The van der Waals surface area contributed by atoms with Gasteiger partial charge < -0.3 is 0 Å². The summed E-state index contributed by atoms with van der Waals surface area (Å²) in [6.07, 6.45) is 3.42. The van der Waals surface area contributed by atoms with Crippen molar-refractivity contribution in [2.75, 3.05) is 0 Å². The minimum Gasteiger partial charge on any atom is -0.240 e. The van der Waals surface area contributed by atoms with Gasteiger partial charge in [0.25, 0.3) is 0 Å². The summed E-state index contributed by atoms with van der Waals surface area (Å²) < 4.78 is 0.861. The van der Waals surface area contributed by atoms with E-state index in [0.717, 1.165) is 3.70 Å². The smallest absolute Gasteiger partial charge is 0.151 e. The molecule has 2 heteroatoms. The first-order valence-electron chi connectivity index (χ1n) is 1.79. The highest BCUT2D eigenvalue weighted by atomic mass is 127. The fourth-order valence-electron chi connectivity index (χ4n) is 0.273. The Labute approximate surface area is 55.3 Å². The number of aliphatic imine (C=N–C) groups is 1. The van der Waals surface area contributed by atoms with Gasteiger partial charge in [0.2, 0.25) is 0 Å². The van der Waals surface area contributed by atoms with Gasteiger partial charge in [-0.2, -0.15) is 0 Å². The normalized spacial score (nSPS) is 14.7. The molecule has 0 unspecified atom stereocenters. The van der Waals surface area contributed by atoms with Crippen molar-refractivity contribution in [3.05, 3.63) is 21.2 Å². The second kappa shape index (κ2) is 2.12. The van der Waals surface area contributed by atoms with Crippen LogP contribution in [-0.4, -0.2) is 6.21 Å². The zero-order valence-corrected chi connectivity index (χ0v) is 5.64. The summed E-state index contributed by atoms with van der Waals surface area (Å²) in [5.41, 5.74) is 5.55. The van der Waals surface area contributed by atoms with E-state index in [-0.39, 0.29) is 0 Å². The molecular weight excluding hydrogens is 201 g/mol. The van der Waals surface area contributed by atoms with Crippen molar-refractivity contribution < 1.29 is 0 Å². The zero-order valence-electron chi connectivity index (χ0n) is 3.48. The summed E-state index contributed by atoms with van der Waals surface area (Å²) in [7, 11) is 0. The third-order valence-electron chi connectivity index (χ3n) is 0.521. The van der Waals surface area contributed by atoms with Gasteiger partial charge in [0.05, 0.1) is 0 Å². The standard InChI is InChI=1S/C5H2IN/c6-5-3-1-2-4-7-5/h2,4H. The molecular formula is C5H2IN. The third kappa shape index (κ3) is 1.32. The van der Waals surface area contributed by atoms with E-state index in [1.165, 1.54) is 0 Å². The van der Waals surface area contributed by atoms with Crippen LogP contribution >= 0.6 is 22.6 Å². The van der Waals surface area contributed by atoms with Crippen molar-refractivity contribution in [3.8, 4) is 0 Å². The average molecular weight is 203 g/mol. The molecule has 0 N–H and O–H groups in total. The van der Waals surface area contributed by atoms with E-state index in [4.69, 9.17) is 0 Å². The van der Waals surface area contributed by atoms with Crippen LogP contribution in [0.3, 0.4) is 0 Å². The second-order valence-electron chi connectivity index (χ2n) is 1.00. The Hall–Kier alpha value is -0.300. The molecule has 0 bridgehead atoms. The van der Waals surface area contributed by atoms with E-state index in [1.807, 2.05) is 0 Å². The lowest BCUT2D eigenvalue weighted by molar-refractivity contribution is 1.58. The Balaban J connectivity index is 3.14. The lowest BCUT2D eigenvalue weighted by Crippen LogP contribution is -1.65. The summed E-state index contributed by atoms with van der Waals surface area (Å²) >= 11 is 2.08. The first kappa shape index (κ1) is 4.85. The monoisotopic (exact) mass is 203 g/mol. The summed E-state index contributed by atoms with van der Waals surface area (Å²) in [5, 5.41) is 0. The number of hydrogen-bond acceptors (Lipinski definition) is 1. The van der Waals surface area contributed by atoms with Crippen LogP contribution in [0, 0.1) is 0 Å². The predicted octanol–water partition coefficient (Wildman–Crippen LogP) is 1.66. The van der Waals surface area contributed by atoms with E-state index < -0.39 is 0 Å². The van der Waals surface area contributed by atoms with E-state index in [9.17, 15) is 0 Å². The van der Waals surface area contributed by atoms with Crippen LogP contribution in [0.5, 0.6) is 0 Å². The van der Waals surface area contributed by atoms with Crippen molar-refractivity contribution in [1.82, 2.24) is 0 Å². The molecule has 0 atom stereocenters. The molecule has 1 heterocycles. The fourth-order valence-corrected chi connectivity index (χ4v) is 0.590. The van der Waals surface area contributed by atoms with Gasteiger partial charge in [-0.3, -0.25) is 0 Å². The highest BCUT2D eigenvalue weighted by Crippen LogP contribution is 2.04. The summed E-state index contributed by atoms with van der Waals surface area (Å²) in [6, 6.07) is 0. The van der Waals surface area contributed by atoms with Crippen LogP contribution < -0.4 is 0 Å². The van der Waals surface area contributed by atoms with Crippen molar-refractivity contribution in [2.24, 2.45) is 4.99 Å². The van der Waals surface area contributed by atoms with Crippen molar-refractivity contribution in [2.45, 2.75) is 0 Å². The molecule has 0 saturated carbocycles. The van der Waals surface area contributed by atoms with E-state index in [0.29, 0.717) is 0 Å². The van der Waals surface area contributed by atoms with Crippen LogP contribution in [0.1, 0.15) is 0 Å². The molecule has 1 aliphatic rings. The third-order valence-corrected chi connectivity index (χ3v) is 1.07. The van der Waals surface area contributed by atoms with Crippen molar-refractivity contribution in [1.29, 1.82) is 0 Å². The molecule has 34 valence electrons. The number of nitrogens with zero attached hydrogens (tertiary/aromatic N) is 1. The van der Waals surface area contributed by atoms with Gasteiger partial charge in [-0.1, -0.05) is 5.73 Å². The van der Waals surface area contributed by atoms with Crippen LogP contribution in [0.25, 0.3) is 0 Å². The van der Waals surface area contributed by atoms with Gasteiger partial charge in [0, 0.05) is 12.3 Å². The molecule has 0 spiro atoms. The van der Waals surface area contributed by atoms with E-state index in [1.54, 1.807) is 12.3 Å². The Kier molecular flexibility index (Phi) is 1.47. The molecule has 0 saturated heterocycles. The zero-order chi connectivity index (χ0) is 5.11. The molecule has 1 nitrogen and oxygen atoms in total. The van der Waals surface area contributed by atoms with Gasteiger partial charge in [0.15, 0.2) is 3.70 Å². The molecule has 0 fully saturated rings. The molecule has 0 radical (unpaired) electrons. The van der Waals surface area contributed by atoms with E-state index >= 15 is 0 Å². The summed E-state index contributed by atoms with van der Waals surface area (Å²) in [5.74, 6) is 0. The van der Waals surface area contributed by atoms with Gasteiger partial charge in [-0.05, 0) is 28.3 Å². The van der Waals surface area contributed by atoms with Crippen LogP contribution in [0.2, 0.25) is 0 Å². The summed E-state index contributed by atoms with van der Waals surface area (Å²) in [4.78, 5) is 3.88. The molecule has 0 aromatic carbocycles. The molecule has 1 rings (SSSR count).